The maximum atomic E-state index is 8.82. The Morgan fingerprint density at radius 3 is 2.08 bits per heavy atom. The normalized spacial score (nSPS) is 14.8. The first-order valence-corrected chi connectivity index (χ1v) is 18.3. The van der Waals surface area contributed by atoms with Crippen LogP contribution < -0.4 is 10.0 Å². The van der Waals surface area contributed by atoms with Crippen LogP contribution in [0.3, 0.4) is 0 Å². The molecule has 5 heteroatoms. The second kappa shape index (κ2) is 11.5. The lowest BCUT2D eigenvalue weighted by Gasteiger charge is -2.43. The molecule has 250 valence electrons. The highest BCUT2D eigenvalue weighted by molar-refractivity contribution is 7.26. The summed E-state index contributed by atoms with van der Waals surface area (Å²) in [5.74, 6) is 0.197. The molecule has 0 N–H and O–H groups in total. The van der Waals surface area contributed by atoms with Crippen LogP contribution in [0.1, 0.15) is 19.4 Å². The topological polar surface area (TPSA) is 32.3 Å². The zero-order valence-corrected chi connectivity index (χ0v) is 29.0. The number of nitrogens with zero attached hydrogens (tertiary/aromatic N) is 4. The summed E-state index contributed by atoms with van der Waals surface area (Å²) < 4.78 is 54.5. The van der Waals surface area contributed by atoms with E-state index in [9.17, 15) is 0 Å². The minimum absolute atomic E-state index is 0.0967. The molecule has 0 spiro atoms. The molecule has 0 bridgehead atoms. The molecule has 2 aromatic heterocycles. The number of fused-ring (bicyclic) bond motifs is 13. The third-order valence-electron chi connectivity index (χ3n) is 10.4. The molecular weight excluding hydrogens is 665 g/mol. The fourth-order valence-electron chi connectivity index (χ4n) is 8.14. The summed E-state index contributed by atoms with van der Waals surface area (Å²) in [6.07, 6.45) is 0. The number of rotatable bonds is 3. The van der Waals surface area contributed by atoms with Crippen LogP contribution in [0.25, 0.3) is 75.0 Å². The molecule has 8 aromatic carbocycles. The molecule has 0 atom stereocenters. The quantitative estimate of drug-likeness (QED) is 0.183. The molecule has 4 nitrogen and oxygen atoms in total. The number of benzene rings is 8. The number of hydrazine groups is 1. The van der Waals surface area contributed by atoms with Gasteiger partial charge in [0, 0.05) is 45.8 Å². The Kier molecular flexibility index (Phi) is 5.32. The first kappa shape index (κ1) is 24.6. The van der Waals surface area contributed by atoms with Gasteiger partial charge in [-0.2, -0.15) is 0 Å². The lowest BCUT2D eigenvalue weighted by atomic mass is 9.87. The summed E-state index contributed by atoms with van der Waals surface area (Å²) in [5, 5.41) is 10.8. The third-order valence-corrected chi connectivity index (χ3v) is 11.6. The van der Waals surface area contributed by atoms with Crippen LogP contribution in [0.2, 0.25) is 0 Å². The Hall–Kier alpha value is -6.56. The SMILES string of the molecule is [2H]C([2H])([2H])c1ccccc1N1c2ccc3ccccc3c2-c2c(c3sc4ccccc4c3c3ccccc23)N1c1nc(-c2ccccc2)c2cccc(C([2H])([2H])[2H])c2n1. The average Bonchev–Trinajstić information content (AvgIpc) is 3.65. The number of aromatic nitrogens is 2. The van der Waals surface area contributed by atoms with Crippen molar-refractivity contribution in [2.45, 2.75) is 13.7 Å². The minimum atomic E-state index is -2.50. The van der Waals surface area contributed by atoms with Gasteiger partial charge in [0.15, 0.2) is 0 Å². The Bertz CT molecular complexity index is 3340. The predicted molar refractivity (Wildman–Crippen MR) is 225 cm³/mol. The summed E-state index contributed by atoms with van der Waals surface area (Å²) in [6.45, 7) is -4.99. The molecule has 0 amide bonds. The van der Waals surface area contributed by atoms with Crippen molar-refractivity contribution in [2.24, 2.45) is 0 Å². The number of aryl methyl sites for hydroxylation is 2. The van der Waals surface area contributed by atoms with Crippen molar-refractivity contribution in [3.63, 3.8) is 0 Å². The zero-order chi connectivity index (χ0) is 40.2. The number of para-hydroxylation sites is 2. The predicted octanol–water partition coefficient (Wildman–Crippen LogP) is 13.5. The van der Waals surface area contributed by atoms with Crippen molar-refractivity contribution in [3.8, 4) is 22.4 Å². The van der Waals surface area contributed by atoms with E-state index in [0.717, 1.165) is 69.8 Å². The van der Waals surface area contributed by atoms with Gasteiger partial charge in [-0.1, -0.05) is 140 Å². The zero-order valence-electron chi connectivity index (χ0n) is 34.2. The van der Waals surface area contributed by atoms with E-state index in [2.05, 4.69) is 60.7 Å². The van der Waals surface area contributed by atoms with Gasteiger partial charge in [0.2, 0.25) is 0 Å². The van der Waals surface area contributed by atoms with Crippen LogP contribution in [-0.2, 0) is 0 Å². The fourth-order valence-corrected chi connectivity index (χ4v) is 9.39. The molecule has 0 saturated heterocycles. The Labute approximate surface area is 319 Å². The van der Waals surface area contributed by atoms with Crippen LogP contribution in [0, 0.1) is 13.7 Å². The molecule has 1 aliphatic heterocycles. The molecule has 1 aliphatic rings. The summed E-state index contributed by atoms with van der Waals surface area (Å²) in [7, 11) is 0. The molecule has 10 aromatic rings. The van der Waals surface area contributed by atoms with Gasteiger partial charge in [-0.25, -0.2) is 20.0 Å². The molecular formula is C48H32N4S. The minimum Gasteiger partial charge on any atom is -0.245 e. The lowest BCUT2D eigenvalue weighted by Crippen LogP contribution is -2.40. The van der Waals surface area contributed by atoms with E-state index < -0.39 is 13.7 Å². The fraction of sp³-hybridized carbons (Fsp3) is 0.0417. The molecule has 0 fully saturated rings. The molecule has 0 radical (unpaired) electrons. The number of thiophene rings is 1. The van der Waals surface area contributed by atoms with Crippen LogP contribution >= 0.6 is 11.3 Å². The maximum absolute atomic E-state index is 8.82. The summed E-state index contributed by atoms with van der Waals surface area (Å²) in [4.78, 5) is 10.7. The lowest BCUT2D eigenvalue weighted by molar-refractivity contribution is 0.928. The van der Waals surface area contributed by atoms with Gasteiger partial charge in [-0.3, -0.25) is 0 Å². The standard InChI is InChI=1S/C48H32N4S/c1-29-15-6-12-25-38(29)51-39-28-27-31-17-7-8-20-33(31)42(39)43-35-22-10-9-21-34(35)41-36-23-11-13-26-40(36)53-47(41)46(43)52(51)48-49-44-30(2)16-14-24-37(44)45(50-48)32-18-4-3-5-19-32/h3-28H,1-2H3/i1D3,2D3. The van der Waals surface area contributed by atoms with E-state index >= 15 is 0 Å². The molecule has 3 heterocycles. The summed E-state index contributed by atoms with van der Waals surface area (Å²) >= 11 is 1.66. The van der Waals surface area contributed by atoms with Crippen LogP contribution in [-0.4, -0.2) is 9.97 Å². The van der Waals surface area contributed by atoms with E-state index in [1.54, 1.807) is 35.6 Å². The van der Waals surface area contributed by atoms with E-state index in [0.29, 0.717) is 22.3 Å². The van der Waals surface area contributed by atoms with Gasteiger partial charge in [0.1, 0.15) is 0 Å². The maximum Gasteiger partial charge on any atom is 0.251 e. The number of hydrogen-bond donors (Lipinski definition) is 0. The summed E-state index contributed by atoms with van der Waals surface area (Å²) in [5.41, 5.74) is 5.69. The molecule has 0 unspecified atom stereocenters. The van der Waals surface area contributed by atoms with Crippen LogP contribution in [0.5, 0.6) is 0 Å². The van der Waals surface area contributed by atoms with E-state index in [-0.39, 0.29) is 17.1 Å². The third kappa shape index (κ3) is 4.35. The molecule has 0 aliphatic carbocycles. The molecule has 0 saturated carbocycles. The smallest absolute Gasteiger partial charge is 0.245 e. The number of hydrogen-bond acceptors (Lipinski definition) is 5. The number of anilines is 4. The second-order valence-electron chi connectivity index (χ2n) is 13.3. The van der Waals surface area contributed by atoms with Crippen molar-refractivity contribution >= 4 is 87.0 Å². The highest BCUT2D eigenvalue weighted by atomic mass is 32.1. The van der Waals surface area contributed by atoms with Gasteiger partial charge in [-0.15, -0.1) is 11.3 Å². The van der Waals surface area contributed by atoms with Gasteiger partial charge in [0.25, 0.3) is 5.95 Å². The molecule has 53 heavy (non-hydrogen) atoms. The van der Waals surface area contributed by atoms with Crippen LogP contribution in [0.4, 0.5) is 23.0 Å². The van der Waals surface area contributed by atoms with Crippen molar-refractivity contribution in [1.29, 1.82) is 0 Å². The van der Waals surface area contributed by atoms with Gasteiger partial charge in [0.05, 0.1) is 33.0 Å². The Morgan fingerprint density at radius 1 is 0.509 bits per heavy atom. The Balaban J connectivity index is 1.40. The van der Waals surface area contributed by atoms with Gasteiger partial charge in [-0.05, 0) is 64.6 Å². The summed E-state index contributed by atoms with van der Waals surface area (Å²) in [6, 6.07) is 51.2. The van der Waals surface area contributed by atoms with E-state index in [1.807, 2.05) is 82.8 Å². The largest absolute Gasteiger partial charge is 0.251 e. The highest BCUT2D eigenvalue weighted by Crippen LogP contribution is 2.59. The average molecular weight is 703 g/mol. The Morgan fingerprint density at radius 2 is 1.21 bits per heavy atom. The van der Waals surface area contributed by atoms with Gasteiger partial charge >= 0.3 is 0 Å². The van der Waals surface area contributed by atoms with Crippen molar-refractivity contribution < 1.29 is 8.22 Å². The van der Waals surface area contributed by atoms with Crippen molar-refractivity contribution in [1.82, 2.24) is 9.97 Å². The van der Waals surface area contributed by atoms with Crippen LogP contribution in [0.15, 0.2) is 158 Å². The first-order chi connectivity index (χ1) is 28.6. The van der Waals surface area contributed by atoms with Gasteiger partial charge < -0.3 is 0 Å². The van der Waals surface area contributed by atoms with E-state index in [4.69, 9.17) is 18.2 Å². The molecule has 11 rings (SSSR count). The van der Waals surface area contributed by atoms with E-state index in [1.165, 1.54) is 0 Å². The highest BCUT2D eigenvalue weighted by Gasteiger charge is 2.38. The van der Waals surface area contributed by atoms with Crippen molar-refractivity contribution in [2.75, 3.05) is 10.0 Å². The monoisotopic (exact) mass is 702 g/mol. The van der Waals surface area contributed by atoms with Crippen molar-refractivity contribution in [3.05, 3.63) is 169 Å². The second-order valence-corrected chi connectivity index (χ2v) is 14.4. The first-order valence-electron chi connectivity index (χ1n) is 20.5.